The van der Waals surface area contributed by atoms with Crippen LogP contribution in [0.25, 0.3) is 0 Å². The van der Waals surface area contributed by atoms with Crippen molar-refractivity contribution in [3.05, 3.63) is 33.3 Å². The van der Waals surface area contributed by atoms with Gasteiger partial charge in [0.1, 0.15) is 0 Å². The zero-order valence-electron chi connectivity index (χ0n) is 11.6. The van der Waals surface area contributed by atoms with E-state index in [0.29, 0.717) is 17.9 Å². The van der Waals surface area contributed by atoms with Gasteiger partial charge < -0.3 is 5.32 Å². The summed E-state index contributed by atoms with van der Waals surface area (Å²) in [4.78, 5) is 0. The molecular formula is C15H23BrClN. The lowest BCUT2D eigenvalue weighted by molar-refractivity contribution is 0.354. The van der Waals surface area contributed by atoms with Crippen LogP contribution in [0.5, 0.6) is 0 Å². The van der Waals surface area contributed by atoms with Gasteiger partial charge in [-0.3, -0.25) is 0 Å². The lowest BCUT2D eigenvalue weighted by atomic mass is 9.86. The summed E-state index contributed by atoms with van der Waals surface area (Å²) in [6.07, 6.45) is 1.16. The standard InChI is InChI=1S/C15H23BrClN/c1-5-8-18-15(10(2)3)11(4)13-7-6-12(16)9-14(13)17/h6-7,9-11,15,18H,5,8H2,1-4H3. The van der Waals surface area contributed by atoms with Crippen LogP contribution in [0, 0.1) is 5.92 Å². The third-order valence-corrected chi connectivity index (χ3v) is 4.16. The molecule has 0 amide bonds. The first-order valence-electron chi connectivity index (χ1n) is 6.65. The van der Waals surface area contributed by atoms with Gasteiger partial charge in [-0.2, -0.15) is 0 Å². The van der Waals surface area contributed by atoms with Gasteiger partial charge in [0.2, 0.25) is 0 Å². The van der Waals surface area contributed by atoms with Crippen molar-refractivity contribution in [1.82, 2.24) is 5.32 Å². The molecule has 1 rings (SSSR count). The summed E-state index contributed by atoms with van der Waals surface area (Å²) >= 11 is 9.80. The van der Waals surface area contributed by atoms with E-state index in [2.05, 4.69) is 61.1 Å². The maximum absolute atomic E-state index is 6.35. The molecule has 0 saturated heterocycles. The van der Waals surface area contributed by atoms with Crippen LogP contribution in [0.2, 0.25) is 5.02 Å². The molecule has 0 fully saturated rings. The first-order valence-corrected chi connectivity index (χ1v) is 7.82. The molecule has 0 aliphatic rings. The second kappa shape index (κ2) is 7.52. The minimum Gasteiger partial charge on any atom is -0.313 e. The van der Waals surface area contributed by atoms with Gasteiger partial charge in [-0.1, -0.05) is 61.3 Å². The van der Waals surface area contributed by atoms with E-state index >= 15 is 0 Å². The molecule has 18 heavy (non-hydrogen) atoms. The molecule has 0 radical (unpaired) electrons. The van der Waals surface area contributed by atoms with Gasteiger partial charge in [0.25, 0.3) is 0 Å². The molecule has 0 saturated carbocycles. The summed E-state index contributed by atoms with van der Waals surface area (Å²) in [7, 11) is 0. The number of nitrogens with one attached hydrogen (secondary N) is 1. The molecule has 1 N–H and O–H groups in total. The molecule has 2 atom stereocenters. The van der Waals surface area contributed by atoms with Crippen LogP contribution >= 0.6 is 27.5 Å². The third kappa shape index (κ3) is 4.25. The fourth-order valence-corrected chi connectivity index (χ4v) is 3.21. The van der Waals surface area contributed by atoms with Crippen molar-refractivity contribution >= 4 is 27.5 Å². The van der Waals surface area contributed by atoms with E-state index in [1.807, 2.05) is 6.07 Å². The van der Waals surface area contributed by atoms with Gasteiger partial charge in [0.15, 0.2) is 0 Å². The summed E-state index contributed by atoms with van der Waals surface area (Å²) in [6.45, 7) is 10.0. The summed E-state index contributed by atoms with van der Waals surface area (Å²) in [5.74, 6) is 1.00. The fraction of sp³-hybridized carbons (Fsp3) is 0.600. The second-order valence-electron chi connectivity index (χ2n) is 5.18. The number of hydrogen-bond donors (Lipinski definition) is 1. The molecular weight excluding hydrogens is 310 g/mol. The smallest absolute Gasteiger partial charge is 0.0452 e. The normalized spacial score (nSPS) is 14.8. The summed E-state index contributed by atoms with van der Waals surface area (Å²) < 4.78 is 1.03. The number of hydrogen-bond acceptors (Lipinski definition) is 1. The van der Waals surface area contributed by atoms with Gasteiger partial charge >= 0.3 is 0 Å². The molecule has 102 valence electrons. The molecule has 0 bridgehead atoms. The average Bonchev–Trinajstić information content (AvgIpc) is 2.28. The Bertz CT molecular complexity index is 379. The highest BCUT2D eigenvalue weighted by atomic mass is 79.9. The van der Waals surface area contributed by atoms with Gasteiger partial charge in [-0.25, -0.2) is 0 Å². The molecule has 3 heteroatoms. The lowest BCUT2D eigenvalue weighted by Crippen LogP contribution is -2.38. The van der Waals surface area contributed by atoms with E-state index in [-0.39, 0.29) is 0 Å². The Balaban J connectivity index is 2.90. The molecule has 1 aromatic rings. The van der Waals surface area contributed by atoms with E-state index in [4.69, 9.17) is 11.6 Å². The van der Waals surface area contributed by atoms with E-state index in [1.165, 1.54) is 5.56 Å². The Labute approximate surface area is 124 Å². The summed E-state index contributed by atoms with van der Waals surface area (Å²) in [6, 6.07) is 6.63. The molecule has 0 aromatic heterocycles. The molecule has 0 aliphatic carbocycles. The molecule has 1 nitrogen and oxygen atoms in total. The molecule has 2 unspecified atom stereocenters. The Morgan fingerprint density at radius 2 is 1.94 bits per heavy atom. The first kappa shape index (κ1) is 16.0. The third-order valence-electron chi connectivity index (χ3n) is 3.34. The van der Waals surface area contributed by atoms with Crippen LogP contribution in [-0.4, -0.2) is 12.6 Å². The van der Waals surface area contributed by atoms with E-state index < -0.39 is 0 Å². The topological polar surface area (TPSA) is 12.0 Å². The highest BCUT2D eigenvalue weighted by Crippen LogP contribution is 2.31. The largest absolute Gasteiger partial charge is 0.313 e. The Hall–Kier alpha value is -0.0500. The monoisotopic (exact) mass is 331 g/mol. The van der Waals surface area contributed by atoms with Crippen LogP contribution in [0.15, 0.2) is 22.7 Å². The van der Waals surface area contributed by atoms with Crippen molar-refractivity contribution in [2.24, 2.45) is 5.92 Å². The van der Waals surface area contributed by atoms with Gasteiger partial charge in [-0.15, -0.1) is 0 Å². The summed E-state index contributed by atoms with van der Waals surface area (Å²) in [5, 5.41) is 4.49. The van der Waals surface area contributed by atoms with Crippen molar-refractivity contribution in [1.29, 1.82) is 0 Å². The van der Waals surface area contributed by atoms with E-state index in [1.54, 1.807) is 0 Å². The number of halogens is 2. The van der Waals surface area contributed by atoms with Crippen LogP contribution < -0.4 is 5.32 Å². The Morgan fingerprint density at radius 3 is 2.44 bits per heavy atom. The van der Waals surface area contributed by atoms with E-state index in [0.717, 1.165) is 22.5 Å². The SMILES string of the molecule is CCCNC(C(C)C)C(C)c1ccc(Br)cc1Cl. The fourth-order valence-electron chi connectivity index (χ4n) is 2.37. The zero-order chi connectivity index (χ0) is 13.7. The Kier molecular flexibility index (Phi) is 6.68. The van der Waals surface area contributed by atoms with Crippen molar-refractivity contribution in [3.8, 4) is 0 Å². The average molecular weight is 333 g/mol. The molecule has 0 aliphatic heterocycles. The van der Waals surface area contributed by atoms with Crippen molar-refractivity contribution in [2.45, 2.75) is 46.1 Å². The highest BCUT2D eigenvalue weighted by molar-refractivity contribution is 9.10. The van der Waals surface area contributed by atoms with Crippen molar-refractivity contribution in [3.63, 3.8) is 0 Å². The first-order chi connectivity index (χ1) is 8.47. The lowest BCUT2D eigenvalue weighted by Gasteiger charge is -2.29. The predicted octanol–water partition coefficient (Wildman–Crippen LogP) is 5.23. The minimum absolute atomic E-state index is 0.414. The second-order valence-corrected chi connectivity index (χ2v) is 6.50. The number of benzene rings is 1. The van der Waals surface area contributed by atoms with Gasteiger partial charge in [0, 0.05) is 15.5 Å². The zero-order valence-corrected chi connectivity index (χ0v) is 14.0. The molecule has 0 spiro atoms. The molecule has 0 heterocycles. The van der Waals surface area contributed by atoms with Crippen molar-refractivity contribution in [2.75, 3.05) is 6.54 Å². The highest BCUT2D eigenvalue weighted by Gasteiger charge is 2.23. The van der Waals surface area contributed by atoms with Crippen LogP contribution in [-0.2, 0) is 0 Å². The predicted molar refractivity (Wildman–Crippen MR) is 84.5 cm³/mol. The van der Waals surface area contributed by atoms with Gasteiger partial charge in [0.05, 0.1) is 0 Å². The van der Waals surface area contributed by atoms with Crippen LogP contribution in [0.3, 0.4) is 0 Å². The van der Waals surface area contributed by atoms with Crippen molar-refractivity contribution < 1.29 is 0 Å². The maximum atomic E-state index is 6.35. The summed E-state index contributed by atoms with van der Waals surface area (Å²) in [5.41, 5.74) is 1.22. The minimum atomic E-state index is 0.414. The quantitative estimate of drug-likeness (QED) is 0.752. The maximum Gasteiger partial charge on any atom is 0.0452 e. The number of rotatable bonds is 6. The Morgan fingerprint density at radius 1 is 1.28 bits per heavy atom. The van der Waals surface area contributed by atoms with E-state index in [9.17, 15) is 0 Å². The van der Waals surface area contributed by atoms with Gasteiger partial charge in [-0.05, 0) is 42.5 Å². The van der Waals surface area contributed by atoms with Crippen LogP contribution in [0.4, 0.5) is 0 Å². The van der Waals surface area contributed by atoms with Crippen LogP contribution in [0.1, 0.15) is 45.6 Å². The molecule has 1 aromatic carbocycles.